The van der Waals surface area contributed by atoms with Crippen LogP contribution in [-0.2, 0) is 0 Å². The molecule has 0 saturated heterocycles. The molecule has 0 bridgehead atoms. The highest BCUT2D eigenvalue weighted by molar-refractivity contribution is 7.80. The van der Waals surface area contributed by atoms with Gasteiger partial charge in [0.1, 0.15) is 0 Å². The summed E-state index contributed by atoms with van der Waals surface area (Å²) in [4.78, 5) is 15.6. The number of amides is 1. The lowest BCUT2D eigenvalue weighted by Gasteiger charge is -2.25. The van der Waals surface area contributed by atoms with E-state index >= 15 is 0 Å². The maximum atomic E-state index is 12.0. The van der Waals surface area contributed by atoms with Crippen LogP contribution in [0.2, 0.25) is 0 Å². The molecule has 0 atom stereocenters. The van der Waals surface area contributed by atoms with Gasteiger partial charge in [-0.25, -0.2) is 0 Å². The van der Waals surface area contributed by atoms with Crippen molar-refractivity contribution in [2.24, 2.45) is 0 Å². The molecule has 1 aliphatic rings. The zero-order chi connectivity index (χ0) is 10.8. The van der Waals surface area contributed by atoms with Crippen LogP contribution in [0.3, 0.4) is 0 Å². The third-order valence-electron chi connectivity index (χ3n) is 2.42. The molecule has 0 fully saturated rings. The van der Waals surface area contributed by atoms with Crippen LogP contribution < -0.4 is 0 Å². The topological polar surface area (TPSA) is 20.3 Å². The highest BCUT2D eigenvalue weighted by Crippen LogP contribution is 2.21. The largest absolute Gasteiger partial charge is 0.334 e. The van der Waals surface area contributed by atoms with Crippen LogP contribution in [0.1, 0.15) is 23.0 Å². The van der Waals surface area contributed by atoms with E-state index in [0.717, 1.165) is 29.3 Å². The standard InChI is InChI=1S/C11H13NOS2/c1-8-3-2-4-12(6-8)11(13)10-5-9(14)7-15-10/h3,5,7,14H,2,4,6H2,1H3. The van der Waals surface area contributed by atoms with Gasteiger partial charge in [0.2, 0.25) is 0 Å². The molecule has 2 rings (SSSR count). The number of carbonyl (C=O) groups excluding carboxylic acids is 1. The molecular weight excluding hydrogens is 226 g/mol. The van der Waals surface area contributed by atoms with Crippen molar-refractivity contribution >= 4 is 29.9 Å². The Bertz CT molecular complexity index is 408. The monoisotopic (exact) mass is 239 g/mol. The van der Waals surface area contributed by atoms with Crippen molar-refractivity contribution in [3.63, 3.8) is 0 Å². The van der Waals surface area contributed by atoms with Gasteiger partial charge in [-0.2, -0.15) is 0 Å². The molecule has 2 heterocycles. The Morgan fingerprint density at radius 3 is 3.00 bits per heavy atom. The van der Waals surface area contributed by atoms with Crippen molar-refractivity contribution in [1.82, 2.24) is 4.90 Å². The van der Waals surface area contributed by atoms with E-state index in [1.807, 2.05) is 16.3 Å². The normalized spacial score (nSPS) is 16.4. The lowest BCUT2D eigenvalue weighted by Crippen LogP contribution is -2.34. The first-order chi connectivity index (χ1) is 7.16. The predicted molar refractivity (Wildman–Crippen MR) is 65.8 cm³/mol. The number of carbonyl (C=O) groups is 1. The average Bonchev–Trinajstić information content (AvgIpc) is 2.64. The third kappa shape index (κ3) is 2.44. The van der Waals surface area contributed by atoms with E-state index < -0.39 is 0 Å². The van der Waals surface area contributed by atoms with Gasteiger partial charge in [0.25, 0.3) is 5.91 Å². The molecule has 0 unspecified atom stereocenters. The minimum atomic E-state index is 0.132. The predicted octanol–water partition coefficient (Wildman–Crippen LogP) is 2.83. The fourth-order valence-corrected chi connectivity index (χ4v) is 2.79. The van der Waals surface area contributed by atoms with Crippen molar-refractivity contribution in [2.75, 3.05) is 13.1 Å². The highest BCUT2D eigenvalue weighted by atomic mass is 32.1. The van der Waals surface area contributed by atoms with Gasteiger partial charge in [-0.3, -0.25) is 4.79 Å². The summed E-state index contributed by atoms with van der Waals surface area (Å²) < 4.78 is 0. The lowest BCUT2D eigenvalue weighted by atomic mass is 10.1. The summed E-state index contributed by atoms with van der Waals surface area (Å²) in [5.41, 5.74) is 1.28. The van der Waals surface area contributed by atoms with Crippen LogP contribution in [0.15, 0.2) is 28.0 Å². The minimum Gasteiger partial charge on any atom is -0.334 e. The Balaban J connectivity index is 2.12. The van der Waals surface area contributed by atoms with Gasteiger partial charge in [0.15, 0.2) is 0 Å². The first kappa shape index (κ1) is 10.8. The number of hydrogen-bond donors (Lipinski definition) is 1. The summed E-state index contributed by atoms with van der Waals surface area (Å²) in [7, 11) is 0. The first-order valence-corrected chi connectivity index (χ1v) is 6.22. The fraction of sp³-hybridized carbons (Fsp3) is 0.364. The van der Waals surface area contributed by atoms with Gasteiger partial charge in [0, 0.05) is 23.4 Å². The number of nitrogens with zero attached hydrogens (tertiary/aromatic N) is 1. The summed E-state index contributed by atoms with van der Waals surface area (Å²) in [6.45, 7) is 3.66. The molecule has 0 radical (unpaired) electrons. The zero-order valence-electron chi connectivity index (χ0n) is 8.56. The average molecular weight is 239 g/mol. The van der Waals surface area contributed by atoms with E-state index in [2.05, 4.69) is 25.6 Å². The molecule has 1 aromatic heterocycles. The Kier molecular flexibility index (Phi) is 3.17. The summed E-state index contributed by atoms with van der Waals surface area (Å²) in [6.07, 6.45) is 3.17. The van der Waals surface area contributed by atoms with Crippen LogP contribution in [0.25, 0.3) is 0 Å². The van der Waals surface area contributed by atoms with Crippen molar-refractivity contribution in [3.05, 3.63) is 28.0 Å². The molecule has 4 heteroatoms. The van der Waals surface area contributed by atoms with Gasteiger partial charge in [-0.05, 0) is 19.4 Å². The summed E-state index contributed by atoms with van der Waals surface area (Å²) in [5.74, 6) is 0.132. The second-order valence-electron chi connectivity index (χ2n) is 3.74. The summed E-state index contributed by atoms with van der Waals surface area (Å²) in [6, 6.07) is 1.84. The minimum absolute atomic E-state index is 0.132. The smallest absolute Gasteiger partial charge is 0.264 e. The molecule has 80 valence electrons. The van der Waals surface area contributed by atoms with Crippen molar-refractivity contribution < 1.29 is 4.79 Å². The molecule has 0 saturated carbocycles. The number of hydrogen-bond acceptors (Lipinski definition) is 3. The molecule has 15 heavy (non-hydrogen) atoms. The molecule has 1 amide bonds. The van der Waals surface area contributed by atoms with Crippen molar-refractivity contribution in [3.8, 4) is 0 Å². The van der Waals surface area contributed by atoms with E-state index in [-0.39, 0.29) is 5.91 Å². The van der Waals surface area contributed by atoms with E-state index in [1.165, 1.54) is 16.9 Å². The molecule has 1 aliphatic heterocycles. The first-order valence-electron chi connectivity index (χ1n) is 4.89. The Morgan fingerprint density at radius 2 is 2.40 bits per heavy atom. The van der Waals surface area contributed by atoms with E-state index in [4.69, 9.17) is 0 Å². The Labute approximate surface area is 99.0 Å². The fourth-order valence-electron chi connectivity index (χ4n) is 1.68. The van der Waals surface area contributed by atoms with Gasteiger partial charge in [0.05, 0.1) is 4.88 Å². The van der Waals surface area contributed by atoms with Crippen LogP contribution >= 0.6 is 24.0 Å². The van der Waals surface area contributed by atoms with Crippen LogP contribution in [0, 0.1) is 0 Å². The Morgan fingerprint density at radius 1 is 1.60 bits per heavy atom. The number of thiol groups is 1. The van der Waals surface area contributed by atoms with E-state index in [9.17, 15) is 4.79 Å². The third-order valence-corrected chi connectivity index (χ3v) is 3.77. The van der Waals surface area contributed by atoms with Gasteiger partial charge < -0.3 is 4.90 Å². The molecule has 0 N–H and O–H groups in total. The SMILES string of the molecule is CC1=CCCN(C(=O)c2cc(S)cs2)C1. The second-order valence-corrected chi connectivity index (χ2v) is 5.16. The second kappa shape index (κ2) is 4.41. The molecule has 0 aromatic carbocycles. The molecule has 0 aliphatic carbocycles. The van der Waals surface area contributed by atoms with Gasteiger partial charge in [-0.1, -0.05) is 11.6 Å². The van der Waals surface area contributed by atoms with E-state index in [1.54, 1.807) is 0 Å². The molecule has 1 aromatic rings. The van der Waals surface area contributed by atoms with Gasteiger partial charge >= 0.3 is 0 Å². The molecule has 0 spiro atoms. The summed E-state index contributed by atoms with van der Waals surface area (Å²) in [5, 5.41) is 1.89. The molecular formula is C11H13NOS2. The maximum absolute atomic E-state index is 12.0. The van der Waals surface area contributed by atoms with E-state index in [0.29, 0.717) is 0 Å². The van der Waals surface area contributed by atoms with Crippen LogP contribution in [0.5, 0.6) is 0 Å². The van der Waals surface area contributed by atoms with Gasteiger partial charge in [-0.15, -0.1) is 24.0 Å². The summed E-state index contributed by atoms with van der Waals surface area (Å²) >= 11 is 5.68. The molecule has 2 nitrogen and oxygen atoms in total. The maximum Gasteiger partial charge on any atom is 0.264 e. The number of thiophene rings is 1. The quantitative estimate of drug-likeness (QED) is 0.590. The zero-order valence-corrected chi connectivity index (χ0v) is 10.3. The lowest BCUT2D eigenvalue weighted by molar-refractivity contribution is 0.0770. The van der Waals surface area contributed by atoms with Crippen molar-refractivity contribution in [1.29, 1.82) is 0 Å². The van der Waals surface area contributed by atoms with Crippen LogP contribution in [0.4, 0.5) is 0 Å². The van der Waals surface area contributed by atoms with Crippen molar-refractivity contribution in [2.45, 2.75) is 18.2 Å². The highest BCUT2D eigenvalue weighted by Gasteiger charge is 2.19. The van der Waals surface area contributed by atoms with Crippen LogP contribution in [-0.4, -0.2) is 23.9 Å². The number of rotatable bonds is 1. The Hall–Kier alpha value is -0.740.